The second-order valence-corrected chi connectivity index (χ2v) is 8.76. The Labute approximate surface area is 210 Å². The van der Waals surface area contributed by atoms with Crippen molar-refractivity contribution >= 4 is 46.2 Å². The van der Waals surface area contributed by atoms with E-state index in [4.69, 9.17) is 9.84 Å². The summed E-state index contributed by atoms with van der Waals surface area (Å²) in [5.74, 6) is -1.45. The minimum atomic E-state index is -1.08. The monoisotopic (exact) mass is 568 g/mol. The summed E-state index contributed by atoms with van der Waals surface area (Å²) < 4.78 is 6.24. The summed E-state index contributed by atoms with van der Waals surface area (Å²) in [5, 5.41) is 13.9. The highest BCUT2D eigenvalue weighted by molar-refractivity contribution is 14.1. The number of carboxylic acid groups (broad SMARTS) is 1. The van der Waals surface area contributed by atoms with Gasteiger partial charge in [0.2, 0.25) is 0 Å². The Bertz CT molecular complexity index is 1240. The molecule has 0 atom stereocenters. The predicted molar refractivity (Wildman–Crippen MR) is 137 cm³/mol. The molecular formula is C26H21IN2O5. The van der Waals surface area contributed by atoms with Crippen LogP contribution < -0.4 is 10.6 Å². The van der Waals surface area contributed by atoms with Gasteiger partial charge in [-0.05, 0) is 63.0 Å². The molecule has 0 aliphatic heterocycles. The molecule has 0 saturated carbocycles. The maximum Gasteiger partial charge on any atom is 0.411 e. The van der Waals surface area contributed by atoms with Gasteiger partial charge in [0, 0.05) is 27.7 Å². The molecule has 0 saturated heterocycles. The molecule has 8 heteroatoms. The third-order valence-corrected chi connectivity index (χ3v) is 6.35. The number of hydrogen-bond acceptors (Lipinski definition) is 4. The Morgan fingerprint density at radius 2 is 1.62 bits per heavy atom. The van der Waals surface area contributed by atoms with E-state index in [1.165, 1.54) is 6.08 Å². The van der Waals surface area contributed by atoms with E-state index in [1.807, 2.05) is 46.9 Å². The number of amides is 2. The molecule has 172 valence electrons. The number of carbonyl (C=O) groups is 3. The third-order valence-electron chi connectivity index (χ3n) is 5.45. The van der Waals surface area contributed by atoms with Crippen molar-refractivity contribution in [1.29, 1.82) is 0 Å². The lowest BCUT2D eigenvalue weighted by Crippen LogP contribution is -2.24. The molecule has 0 heterocycles. The molecule has 0 radical (unpaired) electrons. The summed E-state index contributed by atoms with van der Waals surface area (Å²) in [6.07, 6.45) is 1.74. The molecule has 4 rings (SSSR count). The van der Waals surface area contributed by atoms with E-state index in [1.54, 1.807) is 18.2 Å². The van der Waals surface area contributed by atoms with Crippen LogP contribution in [0.2, 0.25) is 0 Å². The molecule has 0 spiro atoms. The first-order valence-corrected chi connectivity index (χ1v) is 11.6. The standard InChI is InChI=1S/C26H21IN2O5/c27-22-14-16(25(32)28-13-5-10-24(30)31)11-12-23(22)29-26(33)34-15-21-19-8-3-1-6-17(19)18-7-2-4-9-20(18)21/h1-12,14,21H,13,15H2,(H,28,32)(H,29,33)(H,30,31)/b10-5+. The van der Waals surface area contributed by atoms with Crippen LogP contribution in [0.3, 0.4) is 0 Å². The Morgan fingerprint density at radius 1 is 0.971 bits per heavy atom. The summed E-state index contributed by atoms with van der Waals surface area (Å²) in [6.45, 7) is 0.308. The normalized spacial score (nSPS) is 12.1. The lowest BCUT2D eigenvalue weighted by molar-refractivity contribution is -0.131. The number of nitrogens with one attached hydrogen (secondary N) is 2. The second-order valence-electron chi connectivity index (χ2n) is 7.60. The number of hydrogen-bond donors (Lipinski definition) is 3. The van der Waals surface area contributed by atoms with Crippen LogP contribution in [0.5, 0.6) is 0 Å². The first-order chi connectivity index (χ1) is 16.4. The molecule has 0 aromatic heterocycles. The number of fused-ring (bicyclic) bond motifs is 3. The van der Waals surface area contributed by atoms with Crippen LogP contribution in [0, 0.1) is 3.57 Å². The van der Waals surface area contributed by atoms with Gasteiger partial charge < -0.3 is 15.2 Å². The van der Waals surface area contributed by atoms with E-state index in [0.717, 1.165) is 28.3 Å². The Kier molecular flexibility index (Phi) is 7.27. The highest BCUT2D eigenvalue weighted by Crippen LogP contribution is 2.44. The topological polar surface area (TPSA) is 105 Å². The van der Waals surface area contributed by atoms with Gasteiger partial charge in [-0.1, -0.05) is 54.6 Å². The molecule has 0 unspecified atom stereocenters. The fourth-order valence-corrected chi connectivity index (χ4v) is 4.57. The number of benzene rings is 3. The van der Waals surface area contributed by atoms with Crippen LogP contribution in [0.15, 0.2) is 78.9 Å². The van der Waals surface area contributed by atoms with E-state index >= 15 is 0 Å². The van der Waals surface area contributed by atoms with Crippen LogP contribution in [-0.4, -0.2) is 36.2 Å². The average molecular weight is 568 g/mol. The quantitative estimate of drug-likeness (QED) is 0.274. The number of halogens is 1. The largest absolute Gasteiger partial charge is 0.478 e. The van der Waals surface area contributed by atoms with Crippen LogP contribution in [0.25, 0.3) is 11.1 Å². The fourth-order valence-electron chi connectivity index (χ4n) is 3.92. The molecule has 3 aromatic rings. The van der Waals surface area contributed by atoms with Crippen molar-refractivity contribution in [3.63, 3.8) is 0 Å². The lowest BCUT2D eigenvalue weighted by Gasteiger charge is -2.15. The fraction of sp³-hybridized carbons (Fsp3) is 0.115. The molecule has 1 aliphatic rings. The summed E-state index contributed by atoms with van der Waals surface area (Å²) in [7, 11) is 0. The number of rotatable bonds is 7. The molecule has 7 nitrogen and oxygen atoms in total. The van der Waals surface area contributed by atoms with Gasteiger partial charge in [0.25, 0.3) is 5.91 Å². The lowest BCUT2D eigenvalue weighted by atomic mass is 9.98. The summed E-state index contributed by atoms with van der Waals surface area (Å²) in [5.41, 5.74) is 5.52. The van der Waals surface area contributed by atoms with Crippen molar-refractivity contribution in [2.45, 2.75) is 5.92 Å². The van der Waals surface area contributed by atoms with Crippen LogP contribution in [0.1, 0.15) is 27.4 Å². The molecule has 0 fully saturated rings. The Balaban J connectivity index is 1.37. The first-order valence-electron chi connectivity index (χ1n) is 10.5. The molecule has 2 amide bonds. The second kappa shape index (κ2) is 10.5. The molecule has 34 heavy (non-hydrogen) atoms. The maximum absolute atomic E-state index is 12.5. The summed E-state index contributed by atoms with van der Waals surface area (Å²) in [6, 6.07) is 21.1. The highest BCUT2D eigenvalue weighted by Gasteiger charge is 2.29. The number of carboxylic acids is 1. The zero-order valence-corrected chi connectivity index (χ0v) is 20.1. The molecule has 3 N–H and O–H groups in total. The number of anilines is 1. The van der Waals surface area contributed by atoms with Crippen LogP contribution in [0.4, 0.5) is 10.5 Å². The van der Waals surface area contributed by atoms with Crippen molar-refractivity contribution in [1.82, 2.24) is 5.32 Å². The van der Waals surface area contributed by atoms with E-state index < -0.39 is 12.1 Å². The zero-order chi connectivity index (χ0) is 24.1. The van der Waals surface area contributed by atoms with Crippen LogP contribution in [-0.2, 0) is 9.53 Å². The Morgan fingerprint density at radius 3 is 2.24 bits per heavy atom. The van der Waals surface area contributed by atoms with E-state index in [0.29, 0.717) is 14.8 Å². The van der Waals surface area contributed by atoms with Gasteiger partial charge >= 0.3 is 12.1 Å². The van der Waals surface area contributed by atoms with Crippen molar-refractivity contribution < 1.29 is 24.2 Å². The van der Waals surface area contributed by atoms with Crippen molar-refractivity contribution in [3.8, 4) is 11.1 Å². The smallest absolute Gasteiger partial charge is 0.411 e. The minimum Gasteiger partial charge on any atom is -0.478 e. The van der Waals surface area contributed by atoms with Crippen molar-refractivity contribution in [2.24, 2.45) is 0 Å². The van der Waals surface area contributed by atoms with Gasteiger partial charge in [-0.2, -0.15) is 0 Å². The minimum absolute atomic E-state index is 0.0292. The molecule has 1 aliphatic carbocycles. The van der Waals surface area contributed by atoms with Gasteiger partial charge in [-0.3, -0.25) is 10.1 Å². The van der Waals surface area contributed by atoms with Crippen molar-refractivity contribution in [3.05, 3.63) is 99.1 Å². The van der Waals surface area contributed by atoms with Gasteiger partial charge in [0.15, 0.2) is 0 Å². The molecule has 3 aromatic carbocycles. The molecular weight excluding hydrogens is 547 g/mol. The summed E-state index contributed by atoms with van der Waals surface area (Å²) in [4.78, 5) is 35.2. The molecule has 0 bridgehead atoms. The van der Waals surface area contributed by atoms with Crippen LogP contribution >= 0.6 is 22.6 Å². The number of carbonyl (C=O) groups excluding carboxylic acids is 2. The van der Waals surface area contributed by atoms with Gasteiger partial charge in [-0.15, -0.1) is 0 Å². The first kappa shape index (κ1) is 23.5. The SMILES string of the molecule is O=C(O)/C=C/CNC(=O)c1ccc(NC(=O)OCC2c3ccccc3-c3ccccc32)c(I)c1. The number of ether oxygens (including phenoxy) is 1. The van der Waals surface area contributed by atoms with Gasteiger partial charge in [0.05, 0.1) is 5.69 Å². The third kappa shape index (κ3) is 5.28. The maximum atomic E-state index is 12.5. The van der Waals surface area contributed by atoms with E-state index in [-0.39, 0.29) is 25.0 Å². The zero-order valence-electron chi connectivity index (χ0n) is 18.0. The predicted octanol–water partition coefficient (Wildman–Crippen LogP) is 5.02. The van der Waals surface area contributed by atoms with E-state index in [2.05, 4.69) is 34.9 Å². The summed E-state index contributed by atoms with van der Waals surface area (Å²) >= 11 is 2.03. The highest BCUT2D eigenvalue weighted by atomic mass is 127. The average Bonchev–Trinajstić information content (AvgIpc) is 3.15. The number of aliphatic carboxylic acids is 1. The van der Waals surface area contributed by atoms with Gasteiger partial charge in [-0.25, -0.2) is 9.59 Å². The van der Waals surface area contributed by atoms with Crippen molar-refractivity contribution in [2.75, 3.05) is 18.5 Å². The van der Waals surface area contributed by atoms with E-state index in [9.17, 15) is 14.4 Å². The Hall–Kier alpha value is -3.66. The van der Waals surface area contributed by atoms with Gasteiger partial charge in [0.1, 0.15) is 6.61 Å².